The summed E-state index contributed by atoms with van der Waals surface area (Å²) in [5, 5.41) is 9.20. The number of para-hydroxylation sites is 1. The maximum Gasteiger partial charge on any atom is 0.315 e. The van der Waals surface area contributed by atoms with Gasteiger partial charge < -0.3 is 15.2 Å². The van der Waals surface area contributed by atoms with Crippen molar-refractivity contribution in [3.63, 3.8) is 0 Å². The number of carbonyl (C=O) groups is 2. The fourth-order valence-electron chi connectivity index (χ4n) is 2.37. The second-order valence-corrected chi connectivity index (χ2v) is 5.71. The summed E-state index contributed by atoms with van der Waals surface area (Å²) >= 11 is 0. The predicted molar refractivity (Wildman–Crippen MR) is 95.4 cm³/mol. The number of hydrogen-bond donors (Lipinski definition) is 2. The Balaban J connectivity index is 1.57. The lowest BCUT2D eigenvalue weighted by atomic mass is 10.1. The second-order valence-electron chi connectivity index (χ2n) is 5.71. The summed E-state index contributed by atoms with van der Waals surface area (Å²) in [6.45, 7) is 1.86. The maximum atomic E-state index is 12.2. The van der Waals surface area contributed by atoms with E-state index in [4.69, 9.17) is 4.52 Å². The van der Waals surface area contributed by atoms with E-state index in [-0.39, 0.29) is 30.1 Å². The van der Waals surface area contributed by atoms with Gasteiger partial charge in [0.15, 0.2) is 5.82 Å². The van der Waals surface area contributed by atoms with Crippen LogP contribution in [0.5, 0.6) is 0 Å². The van der Waals surface area contributed by atoms with E-state index in [1.54, 1.807) is 12.1 Å². The molecule has 0 saturated heterocycles. The molecule has 1 unspecified atom stereocenters. The molecule has 1 heterocycles. The number of benzene rings is 2. The van der Waals surface area contributed by atoms with E-state index in [9.17, 15) is 9.59 Å². The van der Waals surface area contributed by atoms with Crippen LogP contribution in [-0.4, -0.2) is 22.0 Å². The van der Waals surface area contributed by atoms with Crippen LogP contribution in [-0.2, 0) is 11.2 Å². The van der Waals surface area contributed by atoms with Crippen LogP contribution >= 0.6 is 0 Å². The van der Waals surface area contributed by atoms with Crippen LogP contribution in [0.2, 0.25) is 0 Å². The van der Waals surface area contributed by atoms with Crippen LogP contribution in [0.4, 0.5) is 5.69 Å². The highest BCUT2D eigenvalue weighted by Gasteiger charge is 2.19. The van der Waals surface area contributed by atoms with Crippen molar-refractivity contribution < 1.29 is 14.1 Å². The Morgan fingerprint density at radius 3 is 2.38 bits per heavy atom. The first kappa shape index (κ1) is 17.3. The van der Waals surface area contributed by atoms with Gasteiger partial charge in [-0.3, -0.25) is 9.59 Å². The lowest BCUT2D eigenvalue weighted by Gasteiger charge is -2.12. The zero-order chi connectivity index (χ0) is 18.4. The third kappa shape index (κ3) is 4.54. The van der Waals surface area contributed by atoms with Crippen molar-refractivity contribution in [3.05, 3.63) is 77.9 Å². The number of rotatable bonds is 6. The highest BCUT2D eigenvalue weighted by atomic mass is 16.5. The van der Waals surface area contributed by atoms with Gasteiger partial charge in [0, 0.05) is 5.69 Å². The number of anilines is 1. The molecule has 3 aromatic rings. The molecule has 3 rings (SSSR count). The first-order chi connectivity index (χ1) is 12.6. The molecule has 7 heteroatoms. The van der Waals surface area contributed by atoms with E-state index in [1.807, 2.05) is 55.5 Å². The molecule has 1 atom stereocenters. The monoisotopic (exact) mass is 350 g/mol. The van der Waals surface area contributed by atoms with Crippen molar-refractivity contribution in [2.24, 2.45) is 0 Å². The van der Waals surface area contributed by atoms with Crippen LogP contribution in [0.15, 0.2) is 65.2 Å². The molecule has 0 aliphatic carbocycles. The third-order valence-electron chi connectivity index (χ3n) is 3.69. The number of carbonyl (C=O) groups excluding carboxylic acids is 2. The number of nitrogens with one attached hydrogen (secondary N) is 2. The van der Waals surface area contributed by atoms with E-state index in [2.05, 4.69) is 20.8 Å². The summed E-state index contributed by atoms with van der Waals surface area (Å²) in [5.74, 6) is -0.795. The van der Waals surface area contributed by atoms with E-state index in [1.165, 1.54) is 0 Å². The van der Waals surface area contributed by atoms with Gasteiger partial charge in [0.25, 0.3) is 0 Å². The number of nitrogens with zero attached hydrogens (tertiary/aromatic N) is 2. The minimum Gasteiger partial charge on any atom is -0.341 e. The Morgan fingerprint density at radius 2 is 1.69 bits per heavy atom. The molecule has 0 radical (unpaired) electrons. The van der Waals surface area contributed by atoms with E-state index in [0.717, 1.165) is 5.56 Å². The van der Waals surface area contributed by atoms with Crippen molar-refractivity contribution in [2.45, 2.75) is 19.4 Å². The average Bonchev–Trinajstić information content (AvgIpc) is 3.11. The fraction of sp³-hybridized carbons (Fsp3) is 0.158. The minimum atomic E-state index is -0.483. The molecule has 0 aliphatic heterocycles. The molecule has 0 spiro atoms. The molecule has 2 aromatic carbocycles. The van der Waals surface area contributed by atoms with Crippen LogP contribution in [0.3, 0.4) is 0 Å². The van der Waals surface area contributed by atoms with Gasteiger partial charge in [-0.1, -0.05) is 53.7 Å². The van der Waals surface area contributed by atoms with E-state index in [0.29, 0.717) is 5.69 Å². The molecule has 0 bridgehead atoms. The molecule has 1 aromatic heterocycles. The summed E-state index contributed by atoms with van der Waals surface area (Å²) in [5.41, 5.74) is 1.64. The quantitative estimate of drug-likeness (QED) is 0.712. The summed E-state index contributed by atoms with van der Waals surface area (Å²) in [7, 11) is 0. The van der Waals surface area contributed by atoms with Crippen molar-refractivity contribution in [1.82, 2.24) is 15.5 Å². The highest BCUT2D eigenvalue weighted by molar-refractivity contribution is 5.92. The number of hydrogen-bond acceptors (Lipinski definition) is 5. The zero-order valence-electron chi connectivity index (χ0n) is 14.2. The van der Waals surface area contributed by atoms with Gasteiger partial charge in [-0.05, 0) is 24.6 Å². The summed E-state index contributed by atoms with van der Waals surface area (Å²) in [6.07, 6.45) is -0.0834. The lowest BCUT2D eigenvalue weighted by molar-refractivity contribution is -0.115. The van der Waals surface area contributed by atoms with E-state index >= 15 is 0 Å². The first-order valence-electron chi connectivity index (χ1n) is 8.15. The van der Waals surface area contributed by atoms with Crippen molar-refractivity contribution in [2.75, 3.05) is 5.32 Å². The Hall–Kier alpha value is -3.48. The zero-order valence-corrected chi connectivity index (χ0v) is 14.2. The average molecular weight is 350 g/mol. The van der Waals surface area contributed by atoms with Crippen LogP contribution in [0, 0.1) is 0 Å². The van der Waals surface area contributed by atoms with Gasteiger partial charge in [-0.25, -0.2) is 0 Å². The smallest absolute Gasteiger partial charge is 0.315 e. The third-order valence-corrected chi connectivity index (χ3v) is 3.69. The normalized spacial score (nSPS) is 11.6. The molecule has 0 saturated carbocycles. The molecule has 26 heavy (non-hydrogen) atoms. The lowest BCUT2D eigenvalue weighted by Crippen LogP contribution is -2.27. The fourth-order valence-corrected chi connectivity index (χ4v) is 2.37. The summed E-state index contributed by atoms with van der Waals surface area (Å²) in [4.78, 5) is 28.2. The van der Waals surface area contributed by atoms with Crippen LogP contribution in [0.25, 0.3) is 0 Å². The van der Waals surface area contributed by atoms with Gasteiger partial charge in [-0.2, -0.15) is 4.98 Å². The summed E-state index contributed by atoms with van der Waals surface area (Å²) < 4.78 is 4.96. The SMILES string of the molecule is CC(NC(=O)c1nc(CC(=O)Nc2ccccc2)no1)c1ccccc1. The second kappa shape index (κ2) is 8.06. The first-order valence-corrected chi connectivity index (χ1v) is 8.15. The minimum absolute atomic E-state index is 0.0834. The largest absolute Gasteiger partial charge is 0.341 e. The van der Waals surface area contributed by atoms with Gasteiger partial charge in [0.2, 0.25) is 5.91 Å². The van der Waals surface area contributed by atoms with Crippen LogP contribution in [0.1, 0.15) is 35.0 Å². The van der Waals surface area contributed by atoms with Gasteiger partial charge in [-0.15, -0.1) is 0 Å². The Morgan fingerprint density at radius 1 is 1.04 bits per heavy atom. The van der Waals surface area contributed by atoms with Gasteiger partial charge in [0.05, 0.1) is 12.5 Å². The maximum absolute atomic E-state index is 12.2. The topological polar surface area (TPSA) is 97.1 Å². The molecule has 132 valence electrons. The molecule has 7 nitrogen and oxygen atoms in total. The number of amides is 2. The molecule has 2 amide bonds. The van der Waals surface area contributed by atoms with Gasteiger partial charge >= 0.3 is 11.8 Å². The predicted octanol–water partition coefficient (Wildman–Crippen LogP) is 2.74. The highest BCUT2D eigenvalue weighted by Crippen LogP contribution is 2.12. The molecular weight excluding hydrogens is 332 g/mol. The number of aromatic nitrogens is 2. The molecule has 0 fully saturated rings. The van der Waals surface area contributed by atoms with Crippen molar-refractivity contribution in [1.29, 1.82) is 0 Å². The molecule has 2 N–H and O–H groups in total. The van der Waals surface area contributed by atoms with Crippen molar-refractivity contribution in [3.8, 4) is 0 Å². The van der Waals surface area contributed by atoms with Crippen molar-refractivity contribution >= 4 is 17.5 Å². The standard InChI is InChI=1S/C19H18N4O3/c1-13(14-8-4-2-5-9-14)20-18(25)19-22-16(23-26-19)12-17(24)21-15-10-6-3-7-11-15/h2-11,13H,12H2,1H3,(H,20,25)(H,21,24). The van der Waals surface area contributed by atoms with Crippen LogP contribution < -0.4 is 10.6 Å². The Bertz CT molecular complexity index is 878. The molecule has 0 aliphatic rings. The summed E-state index contributed by atoms with van der Waals surface area (Å²) in [6, 6.07) is 18.4. The van der Waals surface area contributed by atoms with E-state index < -0.39 is 5.91 Å². The Kier molecular flexibility index (Phi) is 5.38. The Labute approximate surface area is 150 Å². The van der Waals surface area contributed by atoms with Gasteiger partial charge in [0.1, 0.15) is 0 Å². The molecular formula is C19H18N4O3.